The number of hydrogen-bond acceptors (Lipinski definition) is 3. The largest absolute Gasteiger partial charge is 0.484 e. The van der Waals surface area contributed by atoms with Gasteiger partial charge in [-0.3, -0.25) is 9.89 Å². The quantitative estimate of drug-likeness (QED) is 0.706. The Morgan fingerprint density at radius 2 is 1.96 bits per heavy atom. The lowest BCUT2D eigenvalue weighted by Gasteiger charge is -2.27. The van der Waals surface area contributed by atoms with Crippen LogP contribution in [0, 0.1) is 0 Å². The molecule has 138 valence electrons. The van der Waals surface area contributed by atoms with Crippen LogP contribution >= 0.6 is 23.2 Å². The zero-order valence-corrected chi connectivity index (χ0v) is 15.9. The Balaban J connectivity index is 1.46. The molecule has 4 rings (SSSR count). The van der Waals surface area contributed by atoms with Gasteiger partial charge in [-0.2, -0.15) is 5.10 Å². The molecule has 0 bridgehead atoms. The lowest BCUT2D eigenvalue weighted by Crippen LogP contribution is -2.38. The summed E-state index contributed by atoms with van der Waals surface area (Å²) in [6.07, 6.45) is 0.732. The van der Waals surface area contributed by atoms with Gasteiger partial charge in [0.1, 0.15) is 5.75 Å². The first-order chi connectivity index (χ1) is 13.1. The highest BCUT2D eigenvalue weighted by atomic mass is 35.5. The maximum atomic E-state index is 12.6. The van der Waals surface area contributed by atoms with Gasteiger partial charge >= 0.3 is 0 Å². The van der Waals surface area contributed by atoms with Crippen molar-refractivity contribution in [2.45, 2.75) is 13.0 Å². The second-order valence-corrected chi connectivity index (χ2v) is 7.22. The zero-order chi connectivity index (χ0) is 18.8. The van der Waals surface area contributed by atoms with Gasteiger partial charge in [-0.05, 0) is 36.4 Å². The predicted molar refractivity (Wildman–Crippen MR) is 105 cm³/mol. The van der Waals surface area contributed by atoms with Gasteiger partial charge in [-0.1, -0.05) is 35.3 Å². The van der Waals surface area contributed by atoms with Gasteiger partial charge in [0.05, 0.1) is 5.69 Å². The second-order valence-electron chi connectivity index (χ2n) is 6.35. The van der Waals surface area contributed by atoms with Crippen LogP contribution in [0.25, 0.3) is 11.3 Å². The third-order valence-corrected chi connectivity index (χ3v) is 5.05. The van der Waals surface area contributed by atoms with Crippen molar-refractivity contribution in [3.05, 3.63) is 69.8 Å². The monoisotopic (exact) mass is 401 g/mol. The number of carbonyl (C=O) groups is 1. The van der Waals surface area contributed by atoms with Crippen molar-refractivity contribution in [1.82, 2.24) is 15.1 Å². The van der Waals surface area contributed by atoms with E-state index in [1.807, 2.05) is 24.3 Å². The molecule has 1 aliphatic heterocycles. The lowest BCUT2D eigenvalue weighted by molar-refractivity contribution is -0.134. The molecule has 0 radical (unpaired) electrons. The van der Waals surface area contributed by atoms with Crippen molar-refractivity contribution in [1.29, 1.82) is 0 Å². The van der Waals surface area contributed by atoms with Crippen LogP contribution in [0.1, 0.15) is 11.3 Å². The highest BCUT2D eigenvalue weighted by Gasteiger charge is 2.26. The molecule has 0 fully saturated rings. The summed E-state index contributed by atoms with van der Waals surface area (Å²) in [6.45, 7) is 1.12. The number of nitrogens with zero attached hydrogens (tertiary/aromatic N) is 2. The first-order valence-electron chi connectivity index (χ1n) is 8.58. The number of benzene rings is 2. The summed E-state index contributed by atoms with van der Waals surface area (Å²) in [5, 5.41) is 8.82. The molecule has 0 saturated heterocycles. The maximum Gasteiger partial charge on any atom is 0.260 e. The Kier molecular flexibility index (Phi) is 5.05. The number of carbonyl (C=O) groups excluding carboxylic acids is 1. The van der Waals surface area contributed by atoms with Crippen molar-refractivity contribution in [2.75, 3.05) is 13.2 Å². The minimum Gasteiger partial charge on any atom is -0.484 e. The van der Waals surface area contributed by atoms with E-state index in [0.717, 1.165) is 28.9 Å². The van der Waals surface area contributed by atoms with Crippen molar-refractivity contribution in [2.24, 2.45) is 0 Å². The van der Waals surface area contributed by atoms with Crippen molar-refractivity contribution in [3.63, 3.8) is 0 Å². The average molecular weight is 402 g/mol. The Morgan fingerprint density at radius 3 is 2.74 bits per heavy atom. The third-order valence-electron chi connectivity index (χ3n) is 4.56. The molecule has 27 heavy (non-hydrogen) atoms. The number of amides is 1. The number of H-pyrrole nitrogens is 1. The molecule has 2 heterocycles. The molecule has 1 aromatic heterocycles. The van der Waals surface area contributed by atoms with Gasteiger partial charge in [-0.25, -0.2) is 0 Å². The number of aromatic nitrogens is 2. The van der Waals surface area contributed by atoms with E-state index in [9.17, 15) is 4.79 Å². The van der Waals surface area contributed by atoms with E-state index >= 15 is 0 Å². The predicted octanol–water partition coefficient (Wildman–Crippen LogP) is 4.35. The van der Waals surface area contributed by atoms with Gasteiger partial charge in [0.15, 0.2) is 6.61 Å². The molecule has 0 saturated carbocycles. The molecule has 7 heteroatoms. The van der Waals surface area contributed by atoms with Gasteiger partial charge in [0.2, 0.25) is 0 Å². The smallest absolute Gasteiger partial charge is 0.260 e. The van der Waals surface area contributed by atoms with Crippen LogP contribution in [-0.4, -0.2) is 34.2 Å². The van der Waals surface area contributed by atoms with Gasteiger partial charge in [0, 0.05) is 46.4 Å². The van der Waals surface area contributed by atoms with Crippen molar-refractivity contribution in [3.8, 4) is 17.0 Å². The Morgan fingerprint density at radius 1 is 1.15 bits per heavy atom. The van der Waals surface area contributed by atoms with E-state index in [2.05, 4.69) is 10.2 Å². The fraction of sp³-hybridized carbons (Fsp3) is 0.200. The summed E-state index contributed by atoms with van der Waals surface area (Å²) >= 11 is 12.0. The molecule has 1 amide bonds. The van der Waals surface area contributed by atoms with E-state index in [4.69, 9.17) is 27.9 Å². The number of aromatic amines is 1. The summed E-state index contributed by atoms with van der Waals surface area (Å²) in [7, 11) is 0. The number of halogens is 2. The minimum atomic E-state index is -0.0613. The van der Waals surface area contributed by atoms with Crippen LogP contribution in [0.4, 0.5) is 0 Å². The summed E-state index contributed by atoms with van der Waals surface area (Å²) in [4.78, 5) is 14.4. The molecular formula is C20H17Cl2N3O2. The normalized spacial score (nSPS) is 13.3. The molecule has 1 aliphatic rings. The number of hydrogen-bond donors (Lipinski definition) is 1. The van der Waals surface area contributed by atoms with Gasteiger partial charge in [0.25, 0.3) is 5.91 Å². The maximum absolute atomic E-state index is 12.6. The number of ether oxygens (including phenoxy) is 1. The van der Waals surface area contributed by atoms with E-state index < -0.39 is 0 Å². The molecule has 2 aromatic carbocycles. The van der Waals surface area contributed by atoms with Crippen LogP contribution in [0.2, 0.25) is 10.0 Å². The van der Waals surface area contributed by atoms with Crippen molar-refractivity contribution < 1.29 is 9.53 Å². The van der Waals surface area contributed by atoms with Crippen LogP contribution in [0.5, 0.6) is 5.75 Å². The van der Waals surface area contributed by atoms with E-state index in [1.165, 1.54) is 0 Å². The zero-order valence-electron chi connectivity index (χ0n) is 14.4. The van der Waals surface area contributed by atoms with E-state index in [1.54, 1.807) is 29.2 Å². The van der Waals surface area contributed by atoms with E-state index in [0.29, 0.717) is 28.9 Å². The SMILES string of the molecule is O=C(COc1ccc(Cl)cc1)N1CCc2[nH]nc(-c3cccc(Cl)c3)c2C1. The molecule has 5 nitrogen and oxygen atoms in total. The summed E-state index contributed by atoms with van der Waals surface area (Å²) in [5.74, 6) is 0.558. The highest BCUT2D eigenvalue weighted by Crippen LogP contribution is 2.29. The molecule has 0 aliphatic carbocycles. The van der Waals surface area contributed by atoms with Crippen LogP contribution < -0.4 is 4.74 Å². The molecule has 0 unspecified atom stereocenters. The molecule has 0 spiro atoms. The number of rotatable bonds is 4. The molecule has 0 atom stereocenters. The van der Waals surface area contributed by atoms with Crippen LogP contribution in [0.3, 0.4) is 0 Å². The standard InChI is InChI=1S/C20H17Cl2N3O2/c21-14-4-6-16(7-5-14)27-12-19(26)25-9-8-18-17(11-25)20(24-23-18)13-2-1-3-15(22)10-13/h1-7,10H,8-9,11-12H2,(H,23,24). The van der Waals surface area contributed by atoms with Crippen LogP contribution in [0.15, 0.2) is 48.5 Å². The third kappa shape index (κ3) is 3.94. The average Bonchev–Trinajstić information content (AvgIpc) is 3.10. The topological polar surface area (TPSA) is 58.2 Å². The summed E-state index contributed by atoms with van der Waals surface area (Å²) < 4.78 is 5.59. The number of fused-ring (bicyclic) bond motifs is 1. The second kappa shape index (κ2) is 7.62. The Hall–Kier alpha value is -2.50. The van der Waals surface area contributed by atoms with E-state index in [-0.39, 0.29) is 12.5 Å². The highest BCUT2D eigenvalue weighted by molar-refractivity contribution is 6.31. The minimum absolute atomic E-state index is 0.0126. The summed E-state index contributed by atoms with van der Waals surface area (Å²) in [6, 6.07) is 14.5. The first-order valence-corrected chi connectivity index (χ1v) is 9.34. The molecule has 3 aromatic rings. The van der Waals surface area contributed by atoms with Gasteiger partial charge in [-0.15, -0.1) is 0 Å². The Bertz CT molecular complexity index is 970. The fourth-order valence-electron chi connectivity index (χ4n) is 3.15. The number of nitrogens with one attached hydrogen (secondary N) is 1. The van der Waals surface area contributed by atoms with Gasteiger partial charge < -0.3 is 9.64 Å². The molecular weight excluding hydrogens is 385 g/mol. The first kappa shape index (κ1) is 17.9. The Labute approximate surface area is 166 Å². The van der Waals surface area contributed by atoms with Crippen molar-refractivity contribution >= 4 is 29.1 Å². The molecule has 1 N–H and O–H groups in total. The van der Waals surface area contributed by atoms with Crippen LogP contribution in [-0.2, 0) is 17.8 Å². The summed E-state index contributed by atoms with van der Waals surface area (Å²) in [5.41, 5.74) is 3.87. The fourth-order valence-corrected chi connectivity index (χ4v) is 3.47. The lowest BCUT2D eigenvalue weighted by atomic mass is 10.0.